The number of primary amides is 1. The third kappa shape index (κ3) is 4.94. The maximum atomic E-state index is 13.7. The van der Waals surface area contributed by atoms with Crippen molar-refractivity contribution in [1.82, 2.24) is 4.98 Å². The molecule has 1 aliphatic carbocycles. The number of hydrogen-bond donors (Lipinski definition) is 2. The number of carbonyl (C=O) groups is 2. The van der Waals surface area contributed by atoms with Gasteiger partial charge in [-0.05, 0) is 60.4 Å². The maximum Gasteiger partial charge on any atom is 0.257 e. The molecular weight excluding hydrogens is 546 g/mol. The van der Waals surface area contributed by atoms with E-state index in [1.165, 1.54) is 11.3 Å². The second-order valence-electron chi connectivity index (χ2n) is 10.4. The zero-order valence-corrected chi connectivity index (χ0v) is 23.6. The molecule has 0 fully saturated rings. The molecule has 5 nitrogen and oxygen atoms in total. The molecule has 4 aromatic rings. The summed E-state index contributed by atoms with van der Waals surface area (Å²) in [5.74, 6) is -0.235. The van der Waals surface area contributed by atoms with Gasteiger partial charge < -0.3 is 11.1 Å². The van der Waals surface area contributed by atoms with Crippen LogP contribution in [0.3, 0.4) is 0 Å². The quantitative estimate of drug-likeness (QED) is 0.248. The molecule has 0 saturated heterocycles. The van der Waals surface area contributed by atoms with Gasteiger partial charge in [0.15, 0.2) is 0 Å². The van der Waals surface area contributed by atoms with Crippen LogP contribution >= 0.6 is 27.3 Å². The lowest BCUT2D eigenvalue weighted by molar-refractivity contribution is 0.0999. The van der Waals surface area contributed by atoms with E-state index in [1.807, 2.05) is 54.6 Å². The first-order chi connectivity index (χ1) is 17.7. The van der Waals surface area contributed by atoms with E-state index in [9.17, 15) is 9.59 Å². The van der Waals surface area contributed by atoms with Gasteiger partial charge in [-0.1, -0.05) is 73.5 Å². The molecule has 0 bridgehead atoms. The number of nitrogens with zero attached hydrogens (tertiary/aromatic N) is 1. The Morgan fingerprint density at radius 3 is 2.68 bits per heavy atom. The molecule has 0 saturated carbocycles. The molecule has 7 heteroatoms. The van der Waals surface area contributed by atoms with Crippen LogP contribution in [0.1, 0.15) is 64.8 Å². The lowest BCUT2D eigenvalue weighted by Crippen LogP contribution is -2.29. The van der Waals surface area contributed by atoms with Gasteiger partial charge in [-0.3, -0.25) is 9.59 Å². The standard InChI is InChI=1S/C30H30BrN3O2S/c1-4-30(2,3)18-12-13-21-25(15-18)37-29(26(21)27(32)35)34-28(36)22-16-24(17-8-7-9-19(31)14-17)33-23-11-6-5-10-20(22)23/h5-11,14,16,18H,4,12-13,15H2,1-3H3,(H2,32,35)(H,34,36)/t18-/m1/s1. The minimum atomic E-state index is -0.490. The van der Waals surface area contributed by atoms with Crippen molar-refractivity contribution in [2.75, 3.05) is 5.32 Å². The summed E-state index contributed by atoms with van der Waals surface area (Å²) in [4.78, 5) is 32.3. The molecule has 2 amide bonds. The van der Waals surface area contributed by atoms with Crippen LogP contribution in [0, 0.1) is 11.3 Å². The highest BCUT2D eigenvalue weighted by molar-refractivity contribution is 9.10. The molecule has 37 heavy (non-hydrogen) atoms. The van der Waals surface area contributed by atoms with Gasteiger partial charge in [0, 0.05) is 20.3 Å². The minimum Gasteiger partial charge on any atom is -0.365 e. The Bertz CT molecular complexity index is 1520. The highest BCUT2D eigenvalue weighted by Gasteiger charge is 2.35. The molecule has 2 aromatic heterocycles. The summed E-state index contributed by atoms with van der Waals surface area (Å²) >= 11 is 5.02. The Balaban J connectivity index is 1.54. The fourth-order valence-corrected chi connectivity index (χ4v) is 6.95. The van der Waals surface area contributed by atoms with Gasteiger partial charge in [-0.2, -0.15) is 0 Å². The van der Waals surface area contributed by atoms with Crippen LogP contribution in [-0.4, -0.2) is 16.8 Å². The second-order valence-corrected chi connectivity index (χ2v) is 12.4. The summed E-state index contributed by atoms with van der Waals surface area (Å²) in [6.07, 6.45) is 3.82. The average Bonchev–Trinajstić information content (AvgIpc) is 3.25. The average molecular weight is 577 g/mol. The van der Waals surface area contributed by atoms with Gasteiger partial charge in [0.25, 0.3) is 11.8 Å². The van der Waals surface area contributed by atoms with Gasteiger partial charge in [0.1, 0.15) is 5.00 Å². The molecule has 0 spiro atoms. The van der Waals surface area contributed by atoms with Crippen LogP contribution < -0.4 is 11.1 Å². The predicted octanol–water partition coefficient (Wildman–Crippen LogP) is 7.62. The first-order valence-electron chi connectivity index (χ1n) is 12.6. The number of benzene rings is 2. The lowest BCUT2D eigenvalue weighted by atomic mass is 9.69. The van der Waals surface area contributed by atoms with Crippen molar-refractivity contribution in [2.24, 2.45) is 17.1 Å². The zero-order chi connectivity index (χ0) is 26.3. The van der Waals surface area contributed by atoms with E-state index in [0.717, 1.165) is 57.1 Å². The molecule has 0 unspecified atom stereocenters. The molecule has 190 valence electrons. The van der Waals surface area contributed by atoms with E-state index in [2.05, 4.69) is 42.0 Å². The number of thiophene rings is 1. The molecule has 1 aliphatic rings. The molecule has 2 aromatic carbocycles. The first-order valence-corrected chi connectivity index (χ1v) is 14.2. The van der Waals surface area contributed by atoms with Crippen molar-refractivity contribution in [2.45, 2.75) is 46.5 Å². The van der Waals surface area contributed by atoms with E-state index in [-0.39, 0.29) is 11.3 Å². The number of nitrogens with two attached hydrogens (primary N) is 1. The highest BCUT2D eigenvalue weighted by Crippen LogP contribution is 2.45. The van der Waals surface area contributed by atoms with Crippen LogP contribution in [0.4, 0.5) is 5.00 Å². The Morgan fingerprint density at radius 1 is 1.16 bits per heavy atom. The normalized spacial score (nSPS) is 15.4. The summed E-state index contributed by atoms with van der Waals surface area (Å²) < 4.78 is 0.936. The third-order valence-corrected chi connectivity index (χ3v) is 9.50. The SMILES string of the molecule is CCC(C)(C)[C@@H]1CCc2c(sc(NC(=O)c3cc(-c4cccc(Br)c4)nc4ccccc34)c2C(N)=O)C1. The van der Waals surface area contributed by atoms with Crippen LogP contribution in [-0.2, 0) is 12.8 Å². The van der Waals surface area contributed by atoms with Crippen molar-refractivity contribution in [1.29, 1.82) is 0 Å². The van der Waals surface area contributed by atoms with Crippen molar-refractivity contribution in [3.8, 4) is 11.3 Å². The lowest BCUT2D eigenvalue weighted by Gasteiger charge is -2.36. The Hall–Kier alpha value is -3.03. The fraction of sp³-hybridized carbons (Fsp3) is 0.300. The monoisotopic (exact) mass is 575 g/mol. The van der Waals surface area contributed by atoms with Crippen molar-refractivity contribution in [3.05, 3.63) is 80.6 Å². The number of aromatic nitrogens is 1. The number of amides is 2. The highest BCUT2D eigenvalue weighted by atomic mass is 79.9. The van der Waals surface area contributed by atoms with Crippen LogP contribution in [0.15, 0.2) is 59.1 Å². The molecule has 0 aliphatic heterocycles. The van der Waals surface area contributed by atoms with Crippen molar-refractivity contribution < 1.29 is 9.59 Å². The smallest absolute Gasteiger partial charge is 0.257 e. The largest absolute Gasteiger partial charge is 0.365 e. The van der Waals surface area contributed by atoms with Crippen LogP contribution in [0.5, 0.6) is 0 Å². The number of hydrogen-bond acceptors (Lipinski definition) is 4. The number of anilines is 1. The Morgan fingerprint density at radius 2 is 1.95 bits per heavy atom. The van der Waals surface area contributed by atoms with Gasteiger partial charge in [0.05, 0.1) is 22.3 Å². The predicted molar refractivity (Wildman–Crippen MR) is 155 cm³/mol. The topological polar surface area (TPSA) is 85.1 Å². The number of para-hydroxylation sites is 1. The minimum absolute atomic E-state index is 0.219. The summed E-state index contributed by atoms with van der Waals surface area (Å²) in [7, 11) is 0. The number of halogens is 1. The van der Waals surface area contributed by atoms with E-state index >= 15 is 0 Å². The maximum absolute atomic E-state index is 13.7. The Labute approximate surface area is 229 Å². The van der Waals surface area contributed by atoms with Gasteiger partial charge >= 0.3 is 0 Å². The van der Waals surface area contributed by atoms with E-state index in [1.54, 1.807) is 0 Å². The number of fused-ring (bicyclic) bond motifs is 2. The van der Waals surface area contributed by atoms with Gasteiger partial charge in [-0.25, -0.2) is 4.98 Å². The molecule has 3 N–H and O–H groups in total. The molecule has 0 radical (unpaired) electrons. The number of rotatable bonds is 6. The summed E-state index contributed by atoms with van der Waals surface area (Å²) in [5, 5.41) is 4.36. The number of pyridine rings is 1. The van der Waals surface area contributed by atoms with E-state index in [0.29, 0.717) is 27.7 Å². The zero-order valence-electron chi connectivity index (χ0n) is 21.2. The van der Waals surface area contributed by atoms with Gasteiger partial charge in [-0.15, -0.1) is 11.3 Å². The summed E-state index contributed by atoms with van der Waals surface area (Å²) in [6.45, 7) is 6.85. The van der Waals surface area contributed by atoms with Crippen molar-refractivity contribution in [3.63, 3.8) is 0 Å². The molecule has 5 rings (SSSR count). The number of carbonyl (C=O) groups excluding carboxylic acids is 2. The van der Waals surface area contributed by atoms with Crippen molar-refractivity contribution >= 4 is 55.0 Å². The molecular formula is C30H30BrN3O2S. The Kier molecular flexibility index (Phi) is 6.94. The van der Waals surface area contributed by atoms with E-state index < -0.39 is 5.91 Å². The van der Waals surface area contributed by atoms with E-state index in [4.69, 9.17) is 10.7 Å². The molecule has 1 atom stereocenters. The fourth-order valence-electron chi connectivity index (χ4n) is 5.22. The molecule has 2 heterocycles. The summed E-state index contributed by atoms with van der Waals surface area (Å²) in [5.41, 5.74) is 10.4. The third-order valence-electron chi connectivity index (χ3n) is 7.84. The number of nitrogens with one attached hydrogen (secondary N) is 1. The summed E-state index contributed by atoms with van der Waals surface area (Å²) in [6, 6.07) is 17.3. The van der Waals surface area contributed by atoms with Crippen LogP contribution in [0.25, 0.3) is 22.2 Å². The van der Waals surface area contributed by atoms with Crippen LogP contribution in [0.2, 0.25) is 0 Å². The van der Waals surface area contributed by atoms with Gasteiger partial charge in [0.2, 0.25) is 0 Å². The first kappa shape index (κ1) is 25.6. The second kappa shape index (κ2) is 10.0.